The van der Waals surface area contributed by atoms with Gasteiger partial charge in [0.15, 0.2) is 6.61 Å². The number of hydrogen-bond donors (Lipinski definition) is 2. The molecule has 0 aliphatic heterocycles. The Balaban J connectivity index is 1.94. The molecule has 1 fully saturated rings. The van der Waals surface area contributed by atoms with Crippen molar-refractivity contribution in [1.29, 1.82) is 5.26 Å². The third kappa shape index (κ3) is 4.25. The first-order valence-corrected chi connectivity index (χ1v) is 6.79. The van der Waals surface area contributed by atoms with Crippen molar-refractivity contribution in [3.05, 3.63) is 29.3 Å². The van der Waals surface area contributed by atoms with Gasteiger partial charge in [0.1, 0.15) is 12.3 Å². The predicted molar refractivity (Wildman–Crippen MR) is 75.2 cm³/mol. The van der Waals surface area contributed by atoms with Crippen LogP contribution < -0.4 is 15.4 Å². The molecule has 0 unspecified atom stereocenters. The van der Waals surface area contributed by atoms with Crippen LogP contribution in [-0.2, 0) is 11.3 Å². The summed E-state index contributed by atoms with van der Waals surface area (Å²) < 4.78 is 5.62. The van der Waals surface area contributed by atoms with E-state index in [9.17, 15) is 4.79 Å². The highest BCUT2D eigenvalue weighted by atomic mass is 16.5. The smallest absolute Gasteiger partial charge is 0.258 e. The van der Waals surface area contributed by atoms with E-state index in [1.807, 2.05) is 31.2 Å². The molecular weight excluding hydrogens is 254 g/mol. The Morgan fingerprint density at radius 1 is 1.50 bits per heavy atom. The van der Waals surface area contributed by atoms with E-state index in [4.69, 9.17) is 10.00 Å². The zero-order valence-electron chi connectivity index (χ0n) is 11.6. The van der Waals surface area contributed by atoms with Gasteiger partial charge in [-0.3, -0.25) is 4.79 Å². The molecule has 1 amide bonds. The number of hydrogen-bond acceptors (Lipinski definition) is 4. The molecule has 2 rings (SSSR count). The van der Waals surface area contributed by atoms with Gasteiger partial charge in [-0.25, -0.2) is 0 Å². The number of carbonyl (C=O) groups is 1. The predicted octanol–water partition coefficient (Wildman–Crippen LogP) is 1.27. The Labute approximate surface area is 118 Å². The third-order valence-electron chi connectivity index (χ3n) is 3.16. The molecule has 106 valence electrons. The van der Waals surface area contributed by atoms with Gasteiger partial charge in [-0.15, -0.1) is 0 Å². The molecule has 0 saturated heterocycles. The normalized spacial score (nSPS) is 13.6. The van der Waals surface area contributed by atoms with E-state index in [-0.39, 0.29) is 19.1 Å². The summed E-state index contributed by atoms with van der Waals surface area (Å²) >= 11 is 0. The van der Waals surface area contributed by atoms with Crippen molar-refractivity contribution in [2.75, 3.05) is 13.2 Å². The van der Waals surface area contributed by atoms with Gasteiger partial charge in [-0.05, 0) is 25.3 Å². The molecule has 1 aromatic rings. The second-order valence-electron chi connectivity index (χ2n) is 4.94. The van der Waals surface area contributed by atoms with Crippen LogP contribution in [0.25, 0.3) is 0 Å². The van der Waals surface area contributed by atoms with Crippen molar-refractivity contribution in [3.63, 3.8) is 0 Å². The standard InChI is InChI=1S/C15H19N3O2/c1-11-3-2-4-12(9-18-13-5-6-13)15(11)20-10-14(19)17-8-7-16/h2-4,13,18H,5-6,8-10H2,1H3,(H,17,19). The second kappa shape index (κ2) is 6.92. The molecule has 0 radical (unpaired) electrons. The maximum absolute atomic E-state index is 11.5. The van der Waals surface area contributed by atoms with E-state index in [0.29, 0.717) is 6.04 Å². The minimum Gasteiger partial charge on any atom is -0.483 e. The van der Waals surface area contributed by atoms with Crippen LogP contribution >= 0.6 is 0 Å². The number of rotatable bonds is 7. The zero-order valence-corrected chi connectivity index (χ0v) is 11.6. The fraction of sp³-hybridized carbons (Fsp3) is 0.467. The molecule has 1 aromatic carbocycles. The molecule has 5 heteroatoms. The van der Waals surface area contributed by atoms with Crippen molar-refractivity contribution in [2.45, 2.75) is 32.4 Å². The average Bonchev–Trinajstić information content (AvgIpc) is 3.26. The Morgan fingerprint density at radius 2 is 2.30 bits per heavy atom. The highest BCUT2D eigenvalue weighted by Crippen LogP contribution is 2.25. The topological polar surface area (TPSA) is 74.2 Å². The quantitative estimate of drug-likeness (QED) is 0.734. The summed E-state index contributed by atoms with van der Waals surface area (Å²) in [5.41, 5.74) is 2.07. The summed E-state index contributed by atoms with van der Waals surface area (Å²) in [4.78, 5) is 11.5. The van der Waals surface area contributed by atoms with Gasteiger partial charge in [0.25, 0.3) is 5.91 Å². The van der Waals surface area contributed by atoms with Crippen LogP contribution in [-0.4, -0.2) is 25.1 Å². The van der Waals surface area contributed by atoms with E-state index in [0.717, 1.165) is 23.4 Å². The first-order chi connectivity index (χ1) is 9.70. The Kier molecular flexibility index (Phi) is 4.97. The summed E-state index contributed by atoms with van der Waals surface area (Å²) in [6.45, 7) is 2.65. The molecular formula is C15H19N3O2. The van der Waals surface area contributed by atoms with Crippen molar-refractivity contribution in [1.82, 2.24) is 10.6 Å². The van der Waals surface area contributed by atoms with E-state index in [1.54, 1.807) is 0 Å². The van der Waals surface area contributed by atoms with Crippen LogP contribution in [0.3, 0.4) is 0 Å². The van der Waals surface area contributed by atoms with E-state index in [1.165, 1.54) is 12.8 Å². The molecule has 0 heterocycles. The van der Waals surface area contributed by atoms with Gasteiger partial charge >= 0.3 is 0 Å². The fourth-order valence-electron chi connectivity index (χ4n) is 1.93. The average molecular weight is 273 g/mol. The highest BCUT2D eigenvalue weighted by molar-refractivity contribution is 5.77. The number of nitrogens with one attached hydrogen (secondary N) is 2. The fourth-order valence-corrected chi connectivity index (χ4v) is 1.93. The molecule has 0 atom stereocenters. The highest BCUT2D eigenvalue weighted by Gasteiger charge is 2.21. The van der Waals surface area contributed by atoms with Gasteiger partial charge in [-0.2, -0.15) is 5.26 Å². The molecule has 0 aromatic heterocycles. The maximum Gasteiger partial charge on any atom is 0.258 e. The van der Waals surface area contributed by atoms with E-state index in [2.05, 4.69) is 10.6 Å². The van der Waals surface area contributed by atoms with Gasteiger partial charge in [0.2, 0.25) is 0 Å². The van der Waals surface area contributed by atoms with Gasteiger partial charge in [-0.1, -0.05) is 18.2 Å². The minimum absolute atomic E-state index is 0.00601. The van der Waals surface area contributed by atoms with E-state index < -0.39 is 0 Å². The molecule has 1 saturated carbocycles. The Bertz CT molecular complexity index is 518. The molecule has 1 aliphatic carbocycles. The van der Waals surface area contributed by atoms with Crippen molar-refractivity contribution in [2.24, 2.45) is 0 Å². The molecule has 20 heavy (non-hydrogen) atoms. The van der Waals surface area contributed by atoms with Crippen LogP contribution in [0.5, 0.6) is 5.75 Å². The van der Waals surface area contributed by atoms with Crippen LogP contribution in [0.15, 0.2) is 18.2 Å². The van der Waals surface area contributed by atoms with Crippen molar-refractivity contribution >= 4 is 5.91 Å². The van der Waals surface area contributed by atoms with Crippen LogP contribution in [0, 0.1) is 18.3 Å². The third-order valence-corrected chi connectivity index (χ3v) is 3.16. The van der Waals surface area contributed by atoms with Crippen LogP contribution in [0.1, 0.15) is 24.0 Å². The molecule has 0 bridgehead atoms. The molecule has 2 N–H and O–H groups in total. The number of nitriles is 1. The summed E-state index contributed by atoms with van der Waals surface area (Å²) in [5.74, 6) is 0.476. The summed E-state index contributed by atoms with van der Waals surface area (Å²) in [6.07, 6.45) is 2.47. The largest absolute Gasteiger partial charge is 0.483 e. The Hall–Kier alpha value is -2.06. The Morgan fingerprint density at radius 3 is 3.00 bits per heavy atom. The number of nitrogens with zero attached hydrogens (tertiary/aromatic N) is 1. The van der Waals surface area contributed by atoms with Crippen molar-refractivity contribution in [3.8, 4) is 11.8 Å². The number of para-hydroxylation sites is 1. The van der Waals surface area contributed by atoms with Gasteiger partial charge in [0, 0.05) is 18.2 Å². The lowest BCUT2D eigenvalue weighted by Gasteiger charge is -2.14. The van der Waals surface area contributed by atoms with E-state index >= 15 is 0 Å². The van der Waals surface area contributed by atoms with Crippen LogP contribution in [0.2, 0.25) is 0 Å². The zero-order chi connectivity index (χ0) is 14.4. The monoisotopic (exact) mass is 273 g/mol. The molecule has 0 spiro atoms. The van der Waals surface area contributed by atoms with Gasteiger partial charge < -0.3 is 15.4 Å². The first kappa shape index (κ1) is 14.4. The number of benzene rings is 1. The summed E-state index contributed by atoms with van der Waals surface area (Å²) in [6, 6.07) is 8.44. The lowest BCUT2D eigenvalue weighted by Crippen LogP contribution is -2.29. The first-order valence-electron chi connectivity index (χ1n) is 6.79. The number of carbonyl (C=O) groups excluding carboxylic acids is 1. The number of aryl methyl sites for hydroxylation is 1. The molecule has 1 aliphatic rings. The number of ether oxygens (including phenoxy) is 1. The van der Waals surface area contributed by atoms with Crippen LogP contribution in [0.4, 0.5) is 0 Å². The summed E-state index contributed by atoms with van der Waals surface area (Å²) in [7, 11) is 0. The van der Waals surface area contributed by atoms with Gasteiger partial charge in [0.05, 0.1) is 6.07 Å². The minimum atomic E-state index is -0.282. The summed E-state index contributed by atoms with van der Waals surface area (Å²) in [5, 5.41) is 14.3. The molecule has 5 nitrogen and oxygen atoms in total. The SMILES string of the molecule is Cc1cccc(CNC2CC2)c1OCC(=O)NCC#N. The second-order valence-corrected chi connectivity index (χ2v) is 4.94. The lowest BCUT2D eigenvalue weighted by atomic mass is 10.1. The van der Waals surface area contributed by atoms with Crippen molar-refractivity contribution < 1.29 is 9.53 Å². The maximum atomic E-state index is 11.5. The lowest BCUT2D eigenvalue weighted by molar-refractivity contribution is -0.122. The number of amides is 1.